The first-order chi connectivity index (χ1) is 5.41. The summed E-state index contributed by atoms with van der Waals surface area (Å²) >= 11 is 0. The first kappa shape index (κ1) is 14.4. The zero-order chi connectivity index (χ0) is 8.36. The number of unbranched alkanes of at least 4 members (excludes halogenated alkanes) is 7. The zero-order valence-electron chi connectivity index (χ0n) is 8.77. The molecular weight excluding hydrogens is 150 g/mol. The third-order valence-electron chi connectivity index (χ3n) is 2.00. The van der Waals surface area contributed by atoms with E-state index in [1.165, 1.54) is 38.5 Å². The maximum Gasteiger partial charge on any atom is -0.0533 e. The largest absolute Gasteiger partial charge is 0.854 e. The standard InChI is InChI=1S/C10H21O.H3N/c1-2-3-4-5-6-7-8-9-10-11;/h2-10H2,1H3;1H3/q-1;/p+1. The van der Waals surface area contributed by atoms with Gasteiger partial charge in [-0.15, -0.1) is 6.61 Å². The average molecular weight is 175 g/mol. The van der Waals surface area contributed by atoms with Crippen LogP contribution in [0.2, 0.25) is 0 Å². The summed E-state index contributed by atoms with van der Waals surface area (Å²) in [6.07, 6.45) is 10.1. The predicted molar refractivity (Wildman–Crippen MR) is 53.5 cm³/mol. The molecule has 0 radical (unpaired) electrons. The summed E-state index contributed by atoms with van der Waals surface area (Å²) < 4.78 is 0. The molecule has 0 atom stereocenters. The second-order valence-electron chi connectivity index (χ2n) is 3.18. The molecule has 2 nitrogen and oxygen atoms in total. The highest BCUT2D eigenvalue weighted by molar-refractivity contribution is 4.44. The molecule has 0 aliphatic carbocycles. The summed E-state index contributed by atoms with van der Waals surface area (Å²) in [6, 6.07) is 0. The average Bonchev–Trinajstić information content (AvgIpc) is 2.03. The van der Waals surface area contributed by atoms with Crippen molar-refractivity contribution in [1.29, 1.82) is 0 Å². The van der Waals surface area contributed by atoms with Crippen LogP contribution in [-0.2, 0) is 0 Å². The van der Waals surface area contributed by atoms with Crippen LogP contribution in [0.3, 0.4) is 0 Å². The van der Waals surface area contributed by atoms with Crippen LogP contribution < -0.4 is 11.3 Å². The lowest BCUT2D eigenvalue weighted by molar-refractivity contribution is -0.368. The summed E-state index contributed by atoms with van der Waals surface area (Å²) in [4.78, 5) is 0. The normalized spacial score (nSPS) is 9.50. The molecule has 0 bridgehead atoms. The summed E-state index contributed by atoms with van der Waals surface area (Å²) in [7, 11) is 0. The molecule has 0 saturated carbocycles. The van der Waals surface area contributed by atoms with Crippen LogP contribution in [0.1, 0.15) is 58.3 Å². The van der Waals surface area contributed by atoms with E-state index >= 15 is 0 Å². The summed E-state index contributed by atoms with van der Waals surface area (Å²) in [5, 5.41) is 10.1. The monoisotopic (exact) mass is 175 g/mol. The van der Waals surface area contributed by atoms with E-state index < -0.39 is 0 Å². The molecule has 0 aliphatic heterocycles. The smallest absolute Gasteiger partial charge is 0.0533 e. The Morgan fingerprint density at radius 2 is 1.17 bits per heavy atom. The number of quaternary nitrogens is 1. The Kier molecular flexibility index (Phi) is 16.3. The lowest BCUT2D eigenvalue weighted by atomic mass is 10.1. The minimum absolute atomic E-state index is 0. The number of hydrogen-bond acceptors (Lipinski definition) is 1. The molecule has 0 aromatic rings. The van der Waals surface area contributed by atoms with Crippen LogP contribution >= 0.6 is 0 Å². The van der Waals surface area contributed by atoms with Crippen LogP contribution in [0.5, 0.6) is 0 Å². The Morgan fingerprint density at radius 3 is 1.58 bits per heavy atom. The zero-order valence-corrected chi connectivity index (χ0v) is 8.77. The van der Waals surface area contributed by atoms with Gasteiger partial charge >= 0.3 is 0 Å². The third kappa shape index (κ3) is 12.6. The molecule has 0 spiro atoms. The van der Waals surface area contributed by atoms with Gasteiger partial charge < -0.3 is 11.3 Å². The minimum atomic E-state index is 0. The van der Waals surface area contributed by atoms with Crippen molar-refractivity contribution in [3.8, 4) is 0 Å². The van der Waals surface area contributed by atoms with Crippen molar-refractivity contribution in [3.05, 3.63) is 0 Å². The van der Waals surface area contributed by atoms with Crippen LogP contribution in [0.25, 0.3) is 0 Å². The summed E-state index contributed by atoms with van der Waals surface area (Å²) in [5.74, 6) is 0. The molecule has 0 amide bonds. The van der Waals surface area contributed by atoms with Crippen molar-refractivity contribution in [2.24, 2.45) is 0 Å². The van der Waals surface area contributed by atoms with Crippen molar-refractivity contribution in [2.75, 3.05) is 6.61 Å². The van der Waals surface area contributed by atoms with Crippen LogP contribution in [0.4, 0.5) is 0 Å². The molecule has 0 aromatic heterocycles. The Balaban J connectivity index is 0. The number of rotatable bonds is 8. The Morgan fingerprint density at radius 1 is 0.750 bits per heavy atom. The maximum atomic E-state index is 10.1. The van der Waals surface area contributed by atoms with Gasteiger partial charge in [0.2, 0.25) is 0 Å². The Hall–Kier alpha value is -0.0800. The van der Waals surface area contributed by atoms with Gasteiger partial charge in [0.1, 0.15) is 0 Å². The van der Waals surface area contributed by atoms with Gasteiger partial charge in [-0.3, -0.25) is 0 Å². The van der Waals surface area contributed by atoms with Gasteiger partial charge in [0.05, 0.1) is 0 Å². The van der Waals surface area contributed by atoms with Crippen molar-refractivity contribution >= 4 is 0 Å². The van der Waals surface area contributed by atoms with Crippen molar-refractivity contribution in [1.82, 2.24) is 6.15 Å². The van der Waals surface area contributed by atoms with Crippen LogP contribution in [-0.4, -0.2) is 6.61 Å². The highest BCUT2D eigenvalue weighted by atomic mass is 16.2. The Labute approximate surface area is 77.0 Å². The van der Waals surface area contributed by atoms with Crippen molar-refractivity contribution < 1.29 is 5.11 Å². The Bertz CT molecular complexity index is 58.9. The molecule has 0 fully saturated rings. The molecule has 0 aliphatic rings. The summed E-state index contributed by atoms with van der Waals surface area (Å²) in [6.45, 7) is 2.35. The number of hydrogen-bond donors (Lipinski definition) is 1. The second kappa shape index (κ2) is 13.5. The molecule has 2 heteroatoms. The van der Waals surface area contributed by atoms with Gasteiger partial charge in [0.25, 0.3) is 0 Å². The fourth-order valence-corrected chi connectivity index (χ4v) is 1.24. The van der Waals surface area contributed by atoms with E-state index in [9.17, 15) is 5.11 Å². The van der Waals surface area contributed by atoms with Crippen molar-refractivity contribution in [2.45, 2.75) is 58.3 Å². The molecule has 76 valence electrons. The molecular formula is C10H25NO. The molecule has 12 heavy (non-hydrogen) atoms. The molecule has 4 N–H and O–H groups in total. The van der Waals surface area contributed by atoms with Gasteiger partial charge in [-0.1, -0.05) is 58.3 Å². The fraction of sp³-hybridized carbons (Fsp3) is 1.00. The quantitative estimate of drug-likeness (QED) is 0.566. The van der Waals surface area contributed by atoms with E-state index in [1.807, 2.05) is 0 Å². The van der Waals surface area contributed by atoms with Gasteiger partial charge in [0.15, 0.2) is 0 Å². The molecule has 0 rings (SSSR count). The van der Waals surface area contributed by atoms with E-state index in [-0.39, 0.29) is 12.8 Å². The van der Waals surface area contributed by atoms with E-state index in [1.54, 1.807) is 0 Å². The maximum absolute atomic E-state index is 10.1. The topological polar surface area (TPSA) is 59.6 Å². The highest BCUT2D eigenvalue weighted by Crippen LogP contribution is 2.07. The minimum Gasteiger partial charge on any atom is -0.854 e. The van der Waals surface area contributed by atoms with E-state index in [4.69, 9.17) is 0 Å². The molecule has 0 heterocycles. The highest BCUT2D eigenvalue weighted by Gasteiger charge is 1.88. The fourth-order valence-electron chi connectivity index (χ4n) is 1.24. The van der Waals surface area contributed by atoms with Gasteiger partial charge in [-0.25, -0.2) is 0 Å². The lowest BCUT2D eigenvalue weighted by Gasteiger charge is -2.02. The van der Waals surface area contributed by atoms with E-state index in [0.29, 0.717) is 0 Å². The molecule has 0 unspecified atom stereocenters. The van der Waals surface area contributed by atoms with E-state index in [2.05, 4.69) is 6.92 Å². The van der Waals surface area contributed by atoms with Gasteiger partial charge in [-0.05, 0) is 0 Å². The van der Waals surface area contributed by atoms with Gasteiger partial charge in [-0.2, -0.15) is 0 Å². The van der Waals surface area contributed by atoms with Crippen LogP contribution in [0.15, 0.2) is 0 Å². The summed E-state index contributed by atoms with van der Waals surface area (Å²) in [5.41, 5.74) is 0. The van der Waals surface area contributed by atoms with E-state index in [0.717, 1.165) is 12.8 Å². The molecule has 0 aromatic carbocycles. The molecule has 0 saturated heterocycles. The second-order valence-corrected chi connectivity index (χ2v) is 3.18. The first-order valence-corrected chi connectivity index (χ1v) is 5.00. The van der Waals surface area contributed by atoms with Crippen molar-refractivity contribution in [3.63, 3.8) is 0 Å². The van der Waals surface area contributed by atoms with Gasteiger partial charge in [0, 0.05) is 0 Å². The SMILES string of the molecule is CCCCCCCCCC[O-].[NH4+]. The third-order valence-corrected chi connectivity index (χ3v) is 2.00. The lowest BCUT2D eigenvalue weighted by Crippen LogP contribution is -2.04. The first-order valence-electron chi connectivity index (χ1n) is 5.00. The predicted octanol–water partition coefficient (Wildman–Crippen LogP) is 2.86. The van der Waals surface area contributed by atoms with Crippen LogP contribution in [0, 0.1) is 0 Å².